The highest BCUT2D eigenvalue weighted by Crippen LogP contribution is 2.32. The molecule has 1 aliphatic heterocycles. The molecule has 3 nitrogen and oxygen atoms in total. The van der Waals surface area contributed by atoms with Gasteiger partial charge in [0.1, 0.15) is 6.33 Å². The lowest BCUT2D eigenvalue weighted by Gasteiger charge is -2.12. The van der Waals surface area contributed by atoms with Gasteiger partial charge in [0, 0.05) is 12.1 Å². The molecule has 5 heteroatoms. The summed E-state index contributed by atoms with van der Waals surface area (Å²) in [7, 11) is 0. The first-order chi connectivity index (χ1) is 11.2. The van der Waals surface area contributed by atoms with E-state index < -0.39 is 0 Å². The Bertz CT molecular complexity index is 880. The predicted molar refractivity (Wildman–Crippen MR) is 92.6 cm³/mol. The van der Waals surface area contributed by atoms with E-state index in [-0.39, 0.29) is 6.04 Å². The summed E-state index contributed by atoms with van der Waals surface area (Å²) in [6.07, 6.45) is 1.59. The second-order valence-electron chi connectivity index (χ2n) is 5.47. The van der Waals surface area contributed by atoms with Gasteiger partial charge in [-0.15, -0.1) is 0 Å². The Morgan fingerprint density at radius 2 is 1.83 bits per heavy atom. The molecule has 1 N–H and O–H groups in total. The second-order valence-corrected chi connectivity index (χ2v) is 6.28. The quantitative estimate of drug-likeness (QED) is 0.737. The Morgan fingerprint density at radius 1 is 0.957 bits per heavy atom. The first-order valence-electron chi connectivity index (χ1n) is 7.31. The fourth-order valence-corrected chi connectivity index (χ4v) is 3.20. The van der Waals surface area contributed by atoms with Crippen molar-refractivity contribution in [3.63, 3.8) is 0 Å². The summed E-state index contributed by atoms with van der Waals surface area (Å²) in [6, 6.07) is 16.0. The molecule has 0 saturated carbocycles. The fraction of sp³-hybridized carbons (Fsp3) is 0.111. The summed E-state index contributed by atoms with van der Waals surface area (Å²) in [6.45, 7) is 0.854. The van der Waals surface area contributed by atoms with Gasteiger partial charge in [-0.05, 0) is 29.3 Å². The summed E-state index contributed by atoms with van der Waals surface area (Å²) in [5, 5.41) is 4.56. The molecule has 0 aliphatic carbocycles. The van der Waals surface area contributed by atoms with E-state index in [0.717, 1.165) is 23.5 Å². The Morgan fingerprint density at radius 3 is 2.70 bits per heavy atom. The van der Waals surface area contributed by atoms with Crippen LogP contribution in [0, 0.1) is 0 Å². The minimum Gasteiger partial charge on any atom is -0.301 e. The Kier molecular flexibility index (Phi) is 3.77. The normalized spacial score (nSPS) is 16.3. The van der Waals surface area contributed by atoms with Crippen LogP contribution in [0.1, 0.15) is 22.9 Å². The van der Waals surface area contributed by atoms with Crippen molar-refractivity contribution in [2.45, 2.75) is 12.6 Å². The molecule has 0 saturated heterocycles. The largest absolute Gasteiger partial charge is 0.301 e. The van der Waals surface area contributed by atoms with E-state index in [9.17, 15) is 0 Å². The van der Waals surface area contributed by atoms with E-state index in [1.165, 1.54) is 11.1 Å². The molecule has 1 aromatic heterocycles. The van der Waals surface area contributed by atoms with Gasteiger partial charge in [-0.2, -0.15) is 0 Å². The maximum atomic E-state index is 6.11. The number of benzene rings is 2. The van der Waals surface area contributed by atoms with Crippen LogP contribution in [0.5, 0.6) is 0 Å². The lowest BCUT2D eigenvalue weighted by atomic mass is 10.0. The Labute approximate surface area is 144 Å². The van der Waals surface area contributed by atoms with Crippen molar-refractivity contribution in [1.29, 1.82) is 0 Å². The first kappa shape index (κ1) is 14.6. The molecule has 0 bridgehead atoms. The molecule has 3 aromatic rings. The highest BCUT2D eigenvalue weighted by atomic mass is 35.5. The van der Waals surface area contributed by atoms with Crippen LogP contribution < -0.4 is 5.32 Å². The Balaban J connectivity index is 1.74. The van der Waals surface area contributed by atoms with E-state index in [4.69, 9.17) is 23.2 Å². The van der Waals surface area contributed by atoms with Crippen LogP contribution in [0.25, 0.3) is 11.3 Å². The van der Waals surface area contributed by atoms with Crippen molar-refractivity contribution < 1.29 is 0 Å². The minimum atomic E-state index is 0.0933. The summed E-state index contributed by atoms with van der Waals surface area (Å²) >= 11 is 12.1. The molecule has 4 rings (SSSR count). The van der Waals surface area contributed by atoms with Gasteiger partial charge in [0.05, 0.1) is 27.5 Å². The number of hydrogen-bond donors (Lipinski definition) is 1. The van der Waals surface area contributed by atoms with Crippen LogP contribution in [-0.2, 0) is 6.54 Å². The topological polar surface area (TPSA) is 37.8 Å². The summed E-state index contributed by atoms with van der Waals surface area (Å²) in [5.74, 6) is 0. The van der Waals surface area contributed by atoms with Crippen molar-refractivity contribution in [2.75, 3.05) is 0 Å². The predicted octanol–water partition coefficient (Wildman–Crippen LogP) is 4.64. The molecule has 1 atom stereocenters. The summed E-state index contributed by atoms with van der Waals surface area (Å²) in [4.78, 5) is 8.82. The van der Waals surface area contributed by atoms with Crippen molar-refractivity contribution in [1.82, 2.24) is 15.3 Å². The number of rotatable bonds is 2. The van der Waals surface area contributed by atoms with Gasteiger partial charge in [-0.25, -0.2) is 9.97 Å². The average Bonchev–Trinajstić information content (AvgIpc) is 3.01. The molecule has 0 radical (unpaired) electrons. The van der Waals surface area contributed by atoms with Crippen LogP contribution in [-0.4, -0.2) is 9.97 Å². The number of nitrogens with zero attached hydrogens (tertiary/aromatic N) is 2. The third-order valence-electron chi connectivity index (χ3n) is 4.06. The maximum absolute atomic E-state index is 6.11. The van der Waals surface area contributed by atoms with E-state index in [1.807, 2.05) is 18.2 Å². The average molecular weight is 342 g/mol. The molecule has 1 aliphatic rings. The van der Waals surface area contributed by atoms with E-state index in [1.54, 1.807) is 12.4 Å². The van der Waals surface area contributed by atoms with Crippen LogP contribution in [0.3, 0.4) is 0 Å². The second kappa shape index (κ2) is 5.93. The molecule has 2 heterocycles. The van der Waals surface area contributed by atoms with E-state index in [0.29, 0.717) is 10.0 Å². The van der Waals surface area contributed by atoms with Crippen LogP contribution in [0.2, 0.25) is 10.0 Å². The molecular formula is C18H13Cl2N3. The molecule has 114 valence electrons. The molecule has 0 fully saturated rings. The molecule has 1 unspecified atom stereocenters. The van der Waals surface area contributed by atoms with Crippen molar-refractivity contribution in [3.05, 3.63) is 81.7 Å². The van der Waals surface area contributed by atoms with Crippen molar-refractivity contribution >= 4 is 23.2 Å². The van der Waals surface area contributed by atoms with Gasteiger partial charge >= 0.3 is 0 Å². The maximum Gasteiger partial charge on any atom is 0.116 e. The number of hydrogen-bond acceptors (Lipinski definition) is 3. The van der Waals surface area contributed by atoms with Crippen LogP contribution >= 0.6 is 23.2 Å². The highest BCUT2D eigenvalue weighted by Gasteiger charge is 2.24. The van der Waals surface area contributed by atoms with Crippen LogP contribution in [0.15, 0.2) is 54.9 Å². The zero-order valence-electron chi connectivity index (χ0n) is 12.1. The summed E-state index contributed by atoms with van der Waals surface area (Å²) < 4.78 is 0. The fourth-order valence-electron chi connectivity index (χ4n) is 2.91. The van der Waals surface area contributed by atoms with Gasteiger partial charge in [0.2, 0.25) is 0 Å². The Hall–Kier alpha value is -1.94. The molecule has 0 spiro atoms. The van der Waals surface area contributed by atoms with Gasteiger partial charge < -0.3 is 5.32 Å². The lowest BCUT2D eigenvalue weighted by Crippen LogP contribution is -2.15. The van der Waals surface area contributed by atoms with Crippen molar-refractivity contribution in [2.24, 2.45) is 0 Å². The first-order valence-corrected chi connectivity index (χ1v) is 8.06. The molecular weight excluding hydrogens is 329 g/mol. The standard InChI is InChI=1S/C18H13Cl2N3/c19-14-6-5-11(7-15(14)20)16-8-17(23-10-22-16)18-13-4-2-1-3-12(13)9-21-18/h1-8,10,18,21H,9H2. The number of aromatic nitrogens is 2. The van der Waals surface area contributed by atoms with Crippen LogP contribution in [0.4, 0.5) is 0 Å². The SMILES string of the molecule is Clc1ccc(-c2cc(C3NCc4ccccc43)ncn2)cc1Cl. The summed E-state index contributed by atoms with van der Waals surface area (Å²) in [5.41, 5.74) is 5.29. The van der Waals surface area contributed by atoms with Gasteiger partial charge in [-0.1, -0.05) is 53.5 Å². The number of fused-ring (bicyclic) bond motifs is 1. The van der Waals surface area contributed by atoms with E-state index in [2.05, 4.69) is 39.6 Å². The zero-order valence-corrected chi connectivity index (χ0v) is 13.6. The van der Waals surface area contributed by atoms with Gasteiger partial charge in [0.25, 0.3) is 0 Å². The monoisotopic (exact) mass is 341 g/mol. The van der Waals surface area contributed by atoms with Gasteiger partial charge in [0.15, 0.2) is 0 Å². The minimum absolute atomic E-state index is 0.0933. The van der Waals surface area contributed by atoms with E-state index >= 15 is 0 Å². The number of nitrogens with one attached hydrogen (secondary N) is 1. The third-order valence-corrected chi connectivity index (χ3v) is 4.80. The van der Waals surface area contributed by atoms with Gasteiger partial charge in [-0.3, -0.25) is 0 Å². The number of halogens is 2. The lowest BCUT2D eigenvalue weighted by molar-refractivity contribution is 0.648. The molecule has 23 heavy (non-hydrogen) atoms. The smallest absolute Gasteiger partial charge is 0.116 e. The molecule has 2 aromatic carbocycles. The zero-order chi connectivity index (χ0) is 15.8. The molecule has 0 amide bonds. The highest BCUT2D eigenvalue weighted by molar-refractivity contribution is 6.42. The van der Waals surface area contributed by atoms with Crippen molar-refractivity contribution in [3.8, 4) is 11.3 Å². The third kappa shape index (κ3) is 2.72.